The fourth-order valence-corrected chi connectivity index (χ4v) is 2.71. The molecule has 24 heavy (non-hydrogen) atoms. The van der Waals surface area contributed by atoms with Crippen molar-refractivity contribution >= 4 is 22.4 Å². The number of aromatic nitrogens is 2. The summed E-state index contributed by atoms with van der Waals surface area (Å²) in [6, 6.07) is 14.3. The molecule has 0 atom stereocenters. The molecule has 0 spiro atoms. The summed E-state index contributed by atoms with van der Waals surface area (Å²) in [6.45, 7) is 5.80. The highest BCUT2D eigenvalue weighted by Crippen LogP contribution is 2.28. The molecule has 2 aromatic carbocycles. The molecule has 122 valence electrons. The second-order valence-electron chi connectivity index (χ2n) is 5.37. The van der Waals surface area contributed by atoms with Crippen molar-refractivity contribution in [2.24, 2.45) is 0 Å². The van der Waals surface area contributed by atoms with E-state index in [1.165, 1.54) is 12.1 Å². The minimum Gasteiger partial charge on any atom is -0.357 e. The first-order valence-corrected chi connectivity index (χ1v) is 7.90. The van der Waals surface area contributed by atoms with Crippen LogP contribution < -0.4 is 4.90 Å². The van der Waals surface area contributed by atoms with Gasteiger partial charge in [-0.2, -0.15) is 0 Å². The molecular weight excluding hydrogens is 304 g/mol. The van der Waals surface area contributed by atoms with Crippen LogP contribution in [0.2, 0.25) is 0 Å². The Bertz CT molecular complexity index is 891. The zero-order chi connectivity index (χ0) is 17.1. The minimum atomic E-state index is -0.407. The predicted molar refractivity (Wildman–Crippen MR) is 95.2 cm³/mol. The third-order valence-corrected chi connectivity index (χ3v) is 3.96. The highest BCUT2D eigenvalue weighted by atomic mass is 16.6. The molecule has 0 aliphatic rings. The molecule has 0 bridgehead atoms. The normalized spacial score (nSPS) is 10.8. The summed E-state index contributed by atoms with van der Waals surface area (Å²) in [4.78, 5) is 22.1. The molecule has 0 aliphatic carbocycles. The molecule has 0 saturated heterocycles. The summed E-state index contributed by atoms with van der Waals surface area (Å²) in [5.74, 6) is 1.35. The fourth-order valence-electron chi connectivity index (χ4n) is 2.71. The van der Waals surface area contributed by atoms with E-state index in [1.807, 2.05) is 24.3 Å². The van der Waals surface area contributed by atoms with Crippen LogP contribution >= 0.6 is 0 Å². The van der Waals surface area contributed by atoms with Crippen molar-refractivity contribution in [3.05, 3.63) is 58.6 Å². The first kappa shape index (κ1) is 15.9. The Morgan fingerprint density at radius 2 is 1.79 bits per heavy atom. The SMILES string of the molecule is CCN(CC)c1nc(-c2cccc([N+](=O)[O-])c2)nc2ccccc12. The van der Waals surface area contributed by atoms with Gasteiger partial charge in [-0.25, -0.2) is 9.97 Å². The van der Waals surface area contributed by atoms with Crippen molar-refractivity contribution in [3.63, 3.8) is 0 Å². The Hall–Kier alpha value is -3.02. The van der Waals surface area contributed by atoms with Crippen LogP contribution in [0, 0.1) is 10.1 Å². The minimum absolute atomic E-state index is 0.0358. The van der Waals surface area contributed by atoms with Crippen LogP contribution in [-0.2, 0) is 0 Å². The summed E-state index contributed by atoms with van der Waals surface area (Å²) in [5, 5.41) is 12.0. The summed E-state index contributed by atoms with van der Waals surface area (Å²) < 4.78 is 0. The zero-order valence-corrected chi connectivity index (χ0v) is 13.6. The number of hydrogen-bond acceptors (Lipinski definition) is 5. The highest BCUT2D eigenvalue weighted by Gasteiger charge is 2.15. The Labute approximate surface area is 139 Å². The molecule has 0 unspecified atom stereocenters. The highest BCUT2D eigenvalue weighted by molar-refractivity contribution is 5.91. The Morgan fingerprint density at radius 3 is 2.50 bits per heavy atom. The van der Waals surface area contributed by atoms with E-state index in [0.717, 1.165) is 29.8 Å². The molecule has 0 saturated carbocycles. The molecule has 0 aliphatic heterocycles. The van der Waals surface area contributed by atoms with Crippen molar-refractivity contribution in [3.8, 4) is 11.4 Å². The average molecular weight is 322 g/mol. The maximum atomic E-state index is 11.0. The number of para-hydroxylation sites is 1. The van der Waals surface area contributed by atoms with Gasteiger partial charge in [0.2, 0.25) is 0 Å². The maximum Gasteiger partial charge on any atom is 0.270 e. The van der Waals surface area contributed by atoms with Gasteiger partial charge in [-0.1, -0.05) is 24.3 Å². The first-order chi connectivity index (χ1) is 11.6. The molecule has 1 heterocycles. The summed E-state index contributed by atoms with van der Waals surface area (Å²) in [7, 11) is 0. The van der Waals surface area contributed by atoms with E-state index in [1.54, 1.807) is 12.1 Å². The largest absolute Gasteiger partial charge is 0.357 e. The van der Waals surface area contributed by atoms with Gasteiger partial charge >= 0.3 is 0 Å². The molecular formula is C18H18N4O2. The van der Waals surface area contributed by atoms with Gasteiger partial charge in [0.25, 0.3) is 5.69 Å². The Balaban J connectivity index is 2.22. The van der Waals surface area contributed by atoms with Gasteiger partial charge in [-0.05, 0) is 26.0 Å². The molecule has 1 aromatic heterocycles. The number of nitrogens with zero attached hydrogens (tertiary/aromatic N) is 4. The van der Waals surface area contributed by atoms with Crippen LogP contribution in [0.15, 0.2) is 48.5 Å². The lowest BCUT2D eigenvalue weighted by Crippen LogP contribution is -2.23. The molecule has 0 fully saturated rings. The van der Waals surface area contributed by atoms with Gasteiger partial charge in [0, 0.05) is 36.2 Å². The van der Waals surface area contributed by atoms with E-state index in [4.69, 9.17) is 4.98 Å². The number of nitro groups is 1. The van der Waals surface area contributed by atoms with Gasteiger partial charge in [0.1, 0.15) is 5.82 Å². The third kappa shape index (κ3) is 2.90. The van der Waals surface area contributed by atoms with Gasteiger partial charge in [0.05, 0.1) is 10.4 Å². The third-order valence-electron chi connectivity index (χ3n) is 3.96. The van der Waals surface area contributed by atoms with Crippen LogP contribution in [0.5, 0.6) is 0 Å². The van der Waals surface area contributed by atoms with Crippen LogP contribution in [0.1, 0.15) is 13.8 Å². The molecule has 0 amide bonds. The zero-order valence-electron chi connectivity index (χ0n) is 13.6. The van der Waals surface area contributed by atoms with Gasteiger partial charge in [-0.3, -0.25) is 10.1 Å². The first-order valence-electron chi connectivity index (χ1n) is 7.90. The molecule has 0 N–H and O–H groups in total. The lowest BCUT2D eigenvalue weighted by Gasteiger charge is -2.22. The molecule has 6 heteroatoms. The number of nitro benzene ring substituents is 1. The number of fused-ring (bicyclic) bond motifs is 1. The van der Waals surface area contributed by atoms with E-state index in [0.29, 0.717) is 11.4 Å². The Morgan fingerprint density at radius 1 is 1.04 bits per heavy atom. The van der Waals surface area contributed by atoms with E-state index in [-0.39, 0.29) is 5.69 Å². The second-order valence-corrected chi connectivity index (χ2v) is 5.37. The van der Waals surface area contributed by atoms with Crippen LogP contribution in [-0.4, -0.2) is 28.0 Å². The number of rotatable bonds is 5. The number of anilines is 1. The quantitative estimate of drug-likeness (QED) is 0.523. The molecule has 0 radical (unpaired) electrons. The van der Waals surface area contributed by atoms with Gasteiger partial charge < -0.3 is 4.90 Å². The van der Waals surface area contributed by atoms with Crippen LogP contribution in [0.4, 0.5) is 11.5 Å². The van der Waals surface area contributed by atoms with Crippen molar-refractivity contribution in [1.82, 2.24) is 9.97 Å². The number of non-ortho nitro benzene ring substituents is 1. The fraction of sp³-hybridized carbons (Fsp3) is 0.222. The van der Waals surface area contributed by atoms with Crippen LogP contribution in [0.3, 0.4) is 0 Å². The molecule has 3 aromatic rings. The second kappa shape index (κ2) is 6.62. The van der Waals surface area contributed by atoms with E-state index < -0.39 is 4.92 Å². The van der Waals surface area contributed by atoms with E-state index in [9.17, 15) is 10.1 Å². The summed E-state index contributed by atoms with van der Waals surface area (Å²) in [6.07, 6.45) is 0. The molecule has 6 nitrogen and oxygen atoms in total. The van der Waals surface area contributed by atoms with Crippen molar-refractivity contribution in [2.45, 2.75) is 13.8 Å². The van der Waals surface area contributed by atoms with Crippen LogP contribution in [0.25, 0.3) is 22.3 Å². The monoisotopic (exact) mass is 322 g/mol. The van der Waals surface area contributed by atoms with Crippen molar-refractivity contribution in [1.29, 1.82) is 0 Å². The van der Waals surface area contributed by atoms with Crippen molar-refractivity contribution < 1.29 is 4.92 Å². The van der Waals surface area contributed by atoms with Crippen molar-refractivity contribution in [2.75, 3.05) is 18.0 Å². The van der Waals surface area contributed by atoms with Gasteiger partial charge in [0.15, 0.2) is 5.82 Å². The van der Waals surface area contributed by atoms with Gasteiger partial charge in [-0.15, -0.1) is 0 Å². The number of benzene rings is 2. The summed E-state index contributed by atoms with van der Waals surface area (Å²) in [5.41, 5.74) is 1.51. The van der Waals surface area contributed by atoms with E-state index in [2.05, 4.69) is 23.7 Å². The van der Waals surface area contributed by atoms with E-state index >= 15 is 0 Å². The standard InChI is InChI=1S/C18H18N4O2/c1-3-21(4-2)18-15-10-5-6-11-16(15)19-17(20-18)13-8-7-9-14(12-13)22(23)24/h5-12H,3-4H2,1-2H3. The smallest absolute Gasteiger partial charge is 0.270 e. The lowest BCUT2D eigenvalue weighted by molar-refractivity contribution is -0.384. The average Bonchev–Trinajstić information content (AvgIpc) is 2.62. The number of hydrogen-bond donors (Lipinski definition) is 0. The lowest BCUT2D eigenvalue weighted by atomic mass is 10.1. The summed E-state index contributed by atoms with van der Waals surface area (Å²) >= 11 is 0. The predicted octanol–water partition coefficient (Wildman–Crippen LogP) is 4.05. The molecule has 3 rings (SSSR count). The Kier molecular flexibility index (Phi) is 4.37. The maximum absolute atomic E-state index is 11.0. The topological polar surface area (TPSA) is 72.2 Å².